The number of hydrogen-bond donors (Lipinski definition) is 1. The average Bonchev–Trinajstić information content (AvgIpc) is 2.38. The highest BCUT2D eigenvalue weighted by Crippen LogP contribution is 2.34. The van der Waals surface area contributed by atoms with Crippen molar-refractivity contribution in [1.82, 2.24) is 5.32 Å². The van der Waals surface area contributed by atoms with Gasteiger partial charge >= 0.3 is 0 Å². The Morgan fingerprint density at radius 2 is 2.05 bits per heavy atom. The number of rotatable bonds is 5. The number of benzene rings is 1. The molecular weight excluding hydrogens is 236 g/mol. The third-order valence-electron chi connectivity index (χ3n) is 3.33. The number of methoxy groups -OCH3 is 1. The van der Waals surface area contributed by atoms with Crippen molar-refractivity contribution in [2.24, 2.45) is 0 Å². The Kier molecular flexibility index (Phi) is 5.38. The van der Waals surface area contributed by atoms with E-state index in [4.69, 9.17) is 10.00 Å². The van der Waals surface area contributed by atoms with Gasteiger partial charge in [0.25, 0.3) is 0 Å². The molecule has 0 spiro atoms. The summed E-state index contributed by atoms with van der Waals surface area (Å²) in [7, 11) is 3.64. The molecule has 0 amide bonds. The molecule has 0 fully saturated rings. The summed E-state index contributed by atoms with van der Waals surface area (Å²) >= 11 is 0. The SMILES string of the molecule is CNC(CCC#N)c1ccc(OC)c(C(C)(C)C)c1. The van der Waals surface area contributed by atoms with E-state index in [1.54, 1.807) is 7.11 Å². The van der Waals surface area contributed by atoms with Crippen molar-refractivity contribution in [3.05, 3.63) is 29.3 Å². The van der Waals surface area contributed by atoms with Crippen LogP contribution in [0.3, 0.4) is 0 Å². The van der Waals surface area contributed by atoms with Crippen molar-refractivity contribution in [2.45, 2.75) is 45.1 Å². The molecule has 0 aliphatic carbocycles. The Balaban J connectivity index is 3.13. The van der Waals surface area contributed by atoms with Gasteiger partial charge in [0, 0.05) is 12.5 Å². The molecule has 104 valence electrons. The molecule has 0 saturated heterocycles. The lowest BCUT2D eigenvalue weighted by Gasteiger charge is -2.25. The lowest BCUT2D eigenvalue weighted by molar-refractivity contribution is 0.396. The summed E-state index contributed by atoms with van der Waals surface area (Å²) in [6.45, 7) is 6.54. The van der Waals surface area contributed by atoms with Crippen molar-refractivity contribution in [2.75, 3.05) is 14.2 Å². The zero-order valence-electron chi connectivity index (χ0n) is 12.6. The van der Waals surface area contributed by atoms with Crippen LogP contribution in [0.2, 0.25) is 0 Å². The minimum atomic E-state index is 0.0366. The maximum Gasteiger partial charge on any atom is 0.122 e. The fraction of sp³-hybridized carbons (Fsp3) is 0.562. The van der Waals surface area contributed by atoms with Crippen LogP contribution < -0.4 is 10.1 Å². The van der Waals surface area contributed by atoms with Gasteiger partial charge in [-0.15, -0.1) is 0 Å². The van der Waals surface area contributed by atoms with E-state index in [-0.39, 0.29) is 11.5 Å². The quantitative estimate of drug-likeness (QED) is 0.880. The van der Waals surface area contributed by atoms with E-state index in [1.807, 2.05) is 13.1 Å². The van der Waals surface area contributed by atoms with Crippen molar-refractivity contribution in [1.29, 1.82) is 5.26 Å². The van der Waals surface area contributed by atoms with Crippen LogP contribution in [0.4, 0.5) is 0 Å². The van der Waals surface area contributed by atoms with Gasteiger partial charge in [-0.2, -0.15) is 5.26 Å². The molecule has 1 atom stereocenters. The van der Waals surface area contributed by atoms with Gasteiger partial charge in [-0.05, 0) is 36.1 Å². The first-order valence-electron chi connectivity index (χ1n) is 6.66. The first kappa shape index (κ1) is 15.5. The van der Waals surface area contributed by atoms with Gasteiger partial charge in [0.05, 0.1) is 13.2 Å². The standard InChI is InChI=1S/C16H24N2O/c1-16(2,3)13-11-12(8-9-15(13)19-5)14(18-4)7-6-10-17/h8-9,11,14,18H,6-7H2,1-5H3. The van der Waals surface area contributed by atoms with Crippen LogP contribution in [-0.4, -0.2) is 14.2 Å². The van der Waals surface area contributed by atoms with Crippen molar-refractivity contribution in [3.63, 3.8) is 0 Å². The van der Waals surface area contributed by atoms with Crippen LogP contribution in [-0.2, 0) is 5.41 Å². The molecule has 0 bridgehead atoms. The van der Waals surface area contributed by atoms with Crippen LogP contribution in [0.25, 0.3) is 0 Å². The van der Waals surface area contributed by atoms with Crippen LogP contribution in [0, 0.1) is 11.3 Å². The molecule has 3 nitrogen and oxygen atoms in total. The highest BCUT2D eigenvalue weighted by Gasteiger charge is 2.21. The summed E-state index contributed by atoms with van der Waals surface area (Å²) < 4.78 is 5.45. The Morgan fingerprint density at radius 1 is 1.37 bits per heavy atom. The lowest BCUT2D eigenvalue weighted by atomic mass is 9.84. The summed E-state index contributed by atoms with van der Waals surface area (Å²) in [5.41, 5.74) is 2.45. The fourth-order valence-electron chi connectivity index (χ4n) is 2.22. The minimum absolute atomic E-state index is 0.0366. The molecule has 1 aromatic carbocycles. The third-order valence-corrected chi connectivity index (χ3v) is 3.33. The molecule has 19 heavy (non-hydrogen) atoms. The summed E-state index contributed by atoms with van der Waals surface area (Å²) in [5.74, 6) is 0.923. The summed E-state index contributed by atoms with van der Waals surface area (Å²) in [6, 6.07) is 8.71. The number of hydrogen-bond acceptors (Lipinski definition) is 3. The molecule has 0 aromatic heterocycles. The second-order valence-corrected chi connectivity index (χ2v) is 5.75. The number of nitrogens with one attached hydrogen (secondary N) is 1. The Bertz CT molecular complexity index is 455. The topological polar surface area (TPSA) is 45.0 Å². The number of nitriles is 1. The molecule has 1 aromatic rings. The smallest absolute Gasteiger partial charge is 0.122 e. The summed E-state index contributed by atoms with van der Waals surface area (Å²) in [4.78, 5) is 0. The average molecular weight is 260 g/mol. The van der Waals surface area contributed by atoms with E-state index in [1.165, 1.54) is 11.1 Å². The second-order valence-electron chi connectivity index (χ2n) is 5.75. The van der Waals surface area contributed by atoms with E-state index in [0.29, 0.717) is 6.42 Å². The second kappa shape index (κ2) is 6.58. The molecule has 1 unspecified atom stereocenters. The van der Waals surface area contributed by atoms with Gasteiger partial charge in [-0.25, -0.2) is 0 Å². The monoisotopic (exact) mass is 260 g/mol. The van der Waals surface area contributed by atoms with E-state index < -0.39 is 0 Å². The van der Waals surface area contributed by atoms with Crippen LogP contribution in [0.5, 0.6) is 5.75 Å². The predicted octanol–water partition coefficient (Wildman–Crippen LogP) is 3.56. The molecule has 0 aliphatic rings. The summed E-state index contributed by atoms with van der Waals surface area (Å²) in [5, 5.41) is 12.0. The van der Waals surface area contributed by atoms with E-state index in [2.05, 4.69) is 44.3 Å². The highest BCUT2D eigenvalue weighted by molar-refractivity contribution is 5.42. The highest BCUT2D eigenvalue weighted by atomic mass is 16.5. The van der Waals surface area contributed by atoms with E-state index >= 15 is 0 Å². The first-order valence-corrected chi connectivity index (χ1v) is 6.66. The number of ether oxygens (including phenoxy) is 1. The maximum absolute atomic E-state index is 8.73. The van der Waals surface area contributed by atoms with Gasteiger partial charge in [0.1, 0.15) is 5.75 Å². The molecule has 0 aliphatic heterocycles. The molecule has 0 radical (unpaired) electrons. The molecular formula is C16H24N2O. The molecule has 0 heterocycles. The molecule has 0 saturated carbocycles. The molecule has 1 N–H and O–H groups in total. The Morgan fingerprint density at radius 3 is 2.53 bits per heavy atom. The Labute approximate surface area is 116 Å². The largest absolute Gasteiger partial charge is 0.496 e. The van der Waals surface area contributed by atoms with Gasteiger partial charge < -0.3 is 10.1 Å². The minimum Gasteiger partial charge on any atom is -0.496 e. The molecule has 3 heteroatoms. The fourth-order valence-corrected chi connectivity index (χ4v) is 2.22. The van der Waals surface area contributed by atoms with Crippen molar-refractivity contribution in [3.8, 4) is 11.8 Å². The third kappa shape index (κ3) is 3.97. The van der Waals surface area contributed by atoms with E-state index in [0.717, 1.165) is 12.2 Å². The van der Waals surface area contributed by atoms with Crippen molar-refractivity contribution >= 4 is 0 Å². The summed E-state index contributed by atoms with van der Waals surface area (Å²) in [6.07, 6.45) is 1.38. The van der Waals surface area contributed by atoms with Gasteiger partial charge in [0.15, 0.2) is 0 Å². The lowest BCUT2D eigenvalue weighted by Crippen LogP contribution is -2.18. The van der Waals surface area contributed by atoms with Gasteiger partial charge in [-0.3, -0.25) is 0 Å². The van der Waals surface area contributed by atoms with Gasteiger partial charge in [0.2, 0.25) is 0 Å². The Hall–Kier alpha value is -1.53. The van der Waals surface area contributed by atoms with E-state index in [9.17, 15) is 0 Å². The van der Waals surface area contributed by atoms with Crippen LogP contribution in [0.15, 0.2) is 18.2 Å². The number of nitrogens with zero attached hydrogens (tertiary/aromatic N) is 1. The maximum atomic E-state index is 8.73. The van der Waals surface area contributed by atoms with Crippen molar-refractivity contribution < 1.29 is 4.74 Å². The molecule has 1 rings (SSSR count). The van der Waals surface area contributed by atoms with Crippen LogP contribution >= 0.6 is 0 Å². The zero-order valence-corrected chi connectivity index (χ0v) is 12.6. The predicted molar refractivity (Wildman–Crippen MR) is 78.3 cm³/mol. The van der Waals surface area contributed by atoms with Crippen LogP contribution in [0.1, 0.15) is 50.8 Å². The normalized spacial score (nSPS) is 12.8. The zero-order chi connectivity index (χ0) is 14.5. The van der Waals surface area contributed by atoms with Gasteiger partial charge in [-0.1, -0.05) is 32.9 Å². The first-order chi connectivity index (χ1) is 8.93.